The van der Waals surface area contributed by atoms with E-state index in [4.69, 9.17) is 28.1 Å². The quantitative estimate of drug-likeness (QED) is 0.385. The number of alkyl halides is 1. The highest BCUT2D eigenvalue weighted by Crippen LogP contribution is 1.60. The highest BCUT2D eigenvalue weighted by molar-refractivity contribution is 6.18. The van der Waals surface area contributed by atoms with Crippen LogP contribution in [0.3, 0.4) is 0 Å². The third-order valence-corrected chi connectivity index (χ3v) is 0.327. The van der Waals surface area contributed by atoms with Gasteiger partial charge in [0.1, 0.15) is 0 Å². The summed E-state index contributed by atoms with van der Waals surface area (Å²) < 4.78 is 0. The van der Waals surface area contributed by atoms with Gasteiger partial charge in [0.25, 0.3) is 0 Å². The van der Waals surface area contributed by atoms with Gasteiger partial charge in [0, 0.05) is 23.2 Å². The number of hydrogen-bond acceptors (Lipinski definition) is 3. The van der Waals surface area contributed by atoms with Crippen molar-refractivity contribution in [3.05, 3.63) is 0 Å². The largest absolute Gasteiger partial charge is 0.329 e. The van der Waals surface area contributed by atoms with Crippen LogP contribution in [-0.2, 0) is 0 Å². The monoisotopic (exact) mass is 107 g/mol. The lowest BCUT2D eigenvalue weighted by molar-refractivity contribution is 1.14. The molecule has 0 atom stereocenters. The van der Waals surface area contributed by atoms with E-state index in [-0.39, 0.29) is 0 Å². The number of hydrogen-bond donors (Lipinski definition) is 1. The summed E-state index contributed by atoms with van der Waals surface area (Å²) >= 11 is 5.06. The fourth-order valence-electron chi connectivity index (χ4n) is 0. The summed E-state index contributed by atoms with van der Waals surface area (Å²) in [6, 6.07) is 0. The van der Waals surface area contributed by atoms with Crippen LogP contribution < -0.4 is 5.73 Å². The van der Waals surface area contributed by atoms with Gasteiger partial charge in [-0.15, -0.1) is 11.6 Å². The van der Waals surface area contributed by atoms with E-state index in [9.17, 15) is 0 Å². The molecule has 0 aromatic heterocycles. The van der Waals surface area contributed by atoms with Crippen LogP contribution in [-0.4, -0.2) is 12.4 Å². The zero-order chi connectivity index (χ0) is 5.41. The fraction of sp³-hybridized carbons (Fsp3) is 1.00. The Morgan fingerprint density at radius 3 is 1.67 bits per heavy atom. The van der Waals surface area contributed by atoms with Crippen LogP contribution in [0.4, 0.5) is 0 Å². The van der Waals surface area contributed by atoms with E-state index in [0.29, 0.717) is 12.4 Å². The van der Waals surface area contributed by atoms with Crippen molar-refractivity contribution in [1.29, 1.82) is 10.8 Å². The van der Waals surface area contributed by atoms with Gasteiger partial charge < -0.3 is 5.73 Å². The normalized spacial score (nSPS) is 5.33. The summed E-state index contributed by atoms with van der Waals surface area (Å²) in [5.74, 6) is 0.569. The molecule has 3 nitrogen and oxygen atoms in total. The minimum atomic E-state index is 0.569. The molecule has 0 radical (unpaired) electrons. The van der Waals surface area contributed by atoms with Crippen molar-refractivity contribution >= 4 is 11.6 Å². The Labute approximate surface area is 41.5 Å². The van der Waals surface area contributed by atoms with Gasteiger partial charge >= 0.3 is 0 Å². The van der Waals surface area contributed by atoms with E-state index >= 15 is 0 Å². The van der Waals surface area contributed by atoms with Crippen molar-refractivity contribution in [2.75, 3.05) is 12.4 Å². The highest BCUT2D eigenvalue weighted by atomic mass is 35.5. The third kappa shape index (κ3) is 58.3. The molecule has 0 saturated carbocycles. The molecule has 0 unspecified atom stereocenters. The zero-order valence-corrected chi connectivity index (χ0v) is 4.02. The second-order valence-electron chi connectivity index (χ2n) is 0.478. The standard InChI is InChI=1S/C2H6ClN.N2/c3-1-2-4;1-2/h1-2,4H2;. The molecule has 6 heavy (non-hydrogen) atoms. The molecular weight excluding hydrogens is 101 g/mol. The summed E-state index contributed by atoms with van der Waals surface area (Å²) in [6.07, 6.45) is 0. The van der Waals surface area contributed by atoms with Crippen LogP contribution in [0, 0.1) is 10.8 Å². The lowest BCUT2D eigenvalue weighted by atomic mass is 10.8. The molecule has 0 aromatic rings. The number of rotatable bonds is 1. The highest BCUT2D eigenvalue weighted by Gasteiger charge is 1.58. The molecule has 0 saturated heterocycles. The Bertz CT molecular complexity index is 25.2. The molecule has 0 bridgehead atoms. The first-order valence-corrected chi connectivity index (χ1v) is 1.91. The van der Waals surface area contributed by atoms with Gasteiger partial charge in [-0.2, -0.15) is 0 Å². The molecule has 0 spiro atoms. The van der Waals surface area contributed by atoms with Crippen LogP contribution in [0.25, 0.3) is 0 Å². The second-order valence-corrected chi connectivity index (χ2v) is 0.856. The van der Waals surface area contributed by atoms with E-state index in [0.717, 1.165) is 0 Å². The van der Waals surface area contributed by atoms with Gasteiger partial charge in [0.05, 0.1) is 0 Å². The molecule has 2 N–H and O–H groups in total. The predicted molar refractivity (Wildman–Crippen MR) is 23.2 cm³/mol. The molecule has 0 aliphatic rings. The van der Waals surface area contributed by atoms with Crippen molar-refractivity contribution in [2.24, 2.45) is 5.73 Å². The maximum absolute atomic E-state index is 6.00. The Morgan fingerprint density at radius 2 is 1.67 bits per heavy atom. The van der Waals surface area contributed by atoms with Gasteiger partial charge in [0.2, 0.25) is 0 Å². The van der Waals surface area contributed by atoms with Gasteiger partial charge in [-0.05, 0) is 0 Å². The van der Waals surface area contributed by atoms with Crippen LogP contribution in [0.15, 0.2) is 0 Å². The topological polar surface area (TPSA) is 73.6 Å². The van der Waals surface area contributed by atoms with Crippen molar-refractivity contribution in [3.8, 4) is 0 Å². The minimum absolute atomic E-state index is 0.569. The lowest BCUT2D eigenvalue weighted by Gasteiger charge is -1.68. The van der Waals surface area contributed by atoms with Gasteiger partial charge in [0.15, 0.2) is 0 Å². The number of nitrogens with two attached hydrogens (primary N) is 1. The van der Waals surface area contributed by atoms with Crippen molar-refractivity contribution in [2.45, 2.75) is 0 Å². The maximum Gasteiger partial charge on any atom is 0.0346 e. The molecule has 0 aromatic carbocycles. The molecule has 36 valence electrons. The number of halogens is 1. The van der Waals surface area contributed by atoms with Gasteiger partial charge in [-0.3, -0.25) is 0 Å². The molecule has 0 aliphatic carbocycles. The summed E-state index contributed by atoms with van der Waals surface area (Å²) in [5.41, 5.74) is 4.90. The van der Waals surface area contributed by atoms with Gasteiger partial charge in [-0.25, -0.2) is 0 Å². The molecule has 0 rings (SSSR count). The summed E-state index contributed by atoms with van der Waals surface area (Å²) in [6.45, 7) is 0.585. The SMILES string of the molecule is N#N.NCCCl. The molecule has 0 amide bonds. The third-order valence-electron chi connectivity index (χ3n) is 0.109. The first kappa shape index (κ1) is 9.18. The van der Waals surface area contributed by atoms with Crippen molar-refractivity contribution in [1.82, 2.24) is 0 Å². The molecule has 0 fully saturated rings. The van der Waals surface area contributed by atoms with Crippen molar-refractivity contribution in [3.63, 3.8) is 0 Å². The average molecular weight is 108 g/mol. The predicted octanol–water partition coefficient (Wildman–Crippen LogP) is 0.214. The first-order chi connectivity index (χ1) is 2.91. The minimum Gasteiger partial charge on any atom is -0.329 e. The molecular formula is C2H6ClN3. The van der Waals surface area contributed by atoms with Crippen molar-refractivity contribution < 1.29 is 0 Å². The molecule has 4 heteroatoms. The van der Waals surface area contributed by atoms with Crippen LogP contribution >= 0.6 is 11.6 Å². The second kappa shape index (κ2) is 22.6. The number of nitrogens with zero attached hydrogens (tertiary/aromatic N) is 2. The van der Waals surface area contributed by atoms with Gasteiger partial charge in [-0.1, -0.05) is 0 Å². The lowest BCUT2D eigenvalue weighted by Crippen LogP contribution is -1.97. The fourth-order valence-corrected chi connectivity index (χ4v) is 0. The Kier molecular flexibility index (Phi) is 34.5. The smallest absolute Gasteiger partial charge is 0.0346 e. The maximum atomic E-state index is 6.00. The van der Waals surface area contributed by atoms with E-state index in [1.807, 2.05) is 0 Å². The first-order valence-electron chi connectivity index (χ1n) is 1.38. The van der Waals surface area contributed by atoms with Crippen LogP contribution in [0.2, 0.25) is 0 Å². The molecule has 0 aliphatic heterocycles. The summed E-state index contributed by atoms with van der Waals surface area (Å²) in [4.78, 5) is 0. The summed E-state index contributed by atoms with van der Waals surface area (Å²) in [5, 5.41) is 12.0. The van der Waals surface area contributed by atoms with E-state index in [1.165, 1.54) is 0 Å². The van der Waals surface area contributed by atoms with Crippen LogP contribution in [0.5, 0.6) is 0 Å². The van der Waals surface area contributed by atoms with E-state index in [1.54, 1.807) is 0 Å². The molecule has 0 heterocycles. The Morgan fingerprint density at radius 1 is 1.50 bits per heavy atom. The Hall–Kier alpha value is -0.330. The zero-order valence-electron chi connectivity index (χ0n) is 3.26. The average Bonchev–Trinajstić information content (AvgIpc) is 1.72. The van der Waals surface area contributed by atoms with E-state index in [2.05, 4.69) is 0 Å². The Balaban J connectivity index is 0. The summed E-state index contributed by atoms with van der Waals surface area (Å²) in [7, 11) is 0. The van der Waals surface area contributed by atoms with E-state index < -0.39 is 0 Å². The van der Waals surface area contributed by atoms with Crippen LogP contribution in [0.1, 0.15) is 0 Å².